The van der Waals surface area contributed by atoms with Crippen molar-refractivity contribution in [2.45, 2.75) is 18.6 Å². The molecule has 1 amide bonds. The van der Waals surface area contributed by atoms with E-state index in [4.69, 9.17) is 5.41 Å². The third-order valence-corrected chi connectivity index (χ3v) is 5.06. The van der Waals surface area contributed by atoms with Gasteiger partial charge in [0.05, 0.1) is 5.25 Å². The van der Waals surface area contributed by atoms with E-state index in [0.717, 1.165) is 4.88 Å². The number of benzene rings is 1. The van der Waals surface area contributed by atoms with Crippen LogP contribution in [0.15, 0.2) is 30.5 Å². The van der Waals surface area contributed by atoms with Gasteiger partial charge in [-0.2, -0.15) is 0 Å². The molecule has 3 rings (SSSR count). The molecule has 2 aromatic rings. The van der Waals surface area contributed by atoms with E-state index in [-0.39, 0.29) is 22.1 Å². The minimum atomic E-state index is -0.253. The van der Waals surface area contributed by atoms with Crippen LogP contribution in [0.1, 0.15) is 17.4 Å². The summed E-state index contributed by atoms with van der Waals surface area (Å²) in [7, 11) is 0. The smallest absolute Gasteiger partial charge is 0.248 e. The summed E-state index contributed by atoms with van der Waals surface area (Å²) in [5.41, 5.74) is 0.596. The van der Waals surface area contributed by atoms with E-state index in [9.17, 15) is 9.18 Å². The summed E-state index contributed by atoms with van der Waals surface area (Å²) in [6, 6.07) is 6.60. The fraction of sp³-hybridized carbons (Fsp3) is 0.214. The Bertz CT molecular complexity index is 716. The van der Waals surface area contributed by atoms with Crippen molar-refractivity contribution in [3.63, 3.8) is 0 Å². The zero-order valence-electron chi connectivity index (χ0n) is 11.2. The molecule has 1 saturated heterocycles. The average Bonchev–Trinajstić information content (AvgIpc) is 2.98. The van der Waals surface area contributed by atoms with Crippen LogP contribution in [0.3, 0.4) is 0 Å². The van der Waals surface area contributed by atoms with E-state index in [1.807, 2.05) is 0 Å². The lowest BCUT2D eigenvalue weighted by Crippen LogP contribution is -2.30. The van der Waals surface area contributed by atoms with Crippen LogP contribution in [-0.4, -0.2) is 21.3 Å². The number of thiazole rings is 1. The maximum Gasteiger partial charge on any atom is 0.248 e. The third-order valence-electron chi connectivity index (χ3n) is 3.11. The zero-order valence-corrected chi connectivity index (χ0v) is 12.8. The van der Waals surface area contributed by atoms with Crippen molar-refractivity contribution in [2.75, 3.05) is 4.90 Å². The van der Waals surface area contributed by atoms with Crippen LogP contribution >= 0.6 is 23.1 Å². The number of carbonyl (C=O) groups is 1. The lowest BCUT2D eigenvalue weighted by Gasteiger charge is -2.10. The number of aromatic nitrogens is 1. The Morgan fingerprint density at radius 3 is 2.86 bits per heavy atom. The number of nitrogens with zero attached hydrogens (tertiary/aromatic N) is 2. The Morgan fingerprint density at radius 1 is 1.43 bits per heavy atom. The van der Waals surface area contributed by atoms with Crippen molar-refractivity contribution in [2.24, 2.45) is 0 Å². The fourth-order valence-corrected chi connectivity index (χ4v) is 3.87. The highest BCUT2D eigenvalue weighted by Gasteiger charge is 2.36. The number of anilines is 1. The maximum absolute atomic E-state index is 13.6. The van der Waals surface area contributed by atoms with E-state index in [2.05, 4.69) is 4.98 Å². The second kappa shape index (κ2) is 5.57. The first-order valence-electron chi connectivity index (χ1n) is 6.33. The van der Waals surface area contributed by atoms with Gasteiger partial charge in [0.25, 0.3) is 0 Å². The summed E-state index contributed by atoms with van der Waals surface area (Å²) < 4.78 is 13.6. The molecule has 0 radical (unpaired) electrons. The molecule has 0 saturated carbocycles. The Balaban J connectivity index is 1.83. The highest BCUT2D eigenvalue weighted by molar-refractivity contribution is 8.16. The van der Waals surface area contributed by atoms with Crippen molar-refractivity contribution in [1.29, 1.82) is 5.41 Å². The van der Waals surface area contributed by atoms with Gasteiger partial charge < -0.3 is 0 Å². The van der Waals surface area contributed by atoms with Gasteiger partial charge in [0.1, 0.15) is 5.82 Å². The number of rotatable bonds is 3. The van der Waals surface area contributed by atoms with Gasteiger partial charge in [-0.3, -0.25) is 10.2 Å². The van der Waals surface area contributed by atoms with Gasteiger partial charge in [0, 0.05) is 17.5 Å². The van der Waals surface area contributed by atoms with E-state index in [0.29, 0.717) is 17.1 Å². The molecular weight excluding hydrogens is 309 g/mol. The zero-order chi connectivity index (χ0) is 15.0. The summed E-state index contributed by atoms with van der Waals surface area (Å²) in [5, 5.41) is 8.26. The molecule has 1 aromatic carbocycles. The van der Waals surface area contributed by atoms with E-state index in [1.54, 1.807) is 31.3 Å². The normalized spacial score (nSPS) is 18.6. The number of nitrogens with one attached hydrogen (secondary N) is 1. The van der Waals surface area contributed by atoms with Crippen LogP contribution in [0, 0.1) is 11.2 Å². The van der Waals surface area contributed by atoms with Gasteiger partial charge in [0.2, 0.25) is 5.91 Å². The topological polar surface area (TPSA) is 57.1 Å². The fourth-order valence-electron chi connectivity index (χ4n) is 2.05. The van der Waals surface area contributed by atoms with E-state index < -0.39 is 0 Å². The molecule has 7 heteroatoms. The number of carbonyl (C=O) groups excluding carboxylic acids is 1. The third kappa shape index (κ3) is 2.71. The first-order chi connectivity index (χ1) is 10.1. The highest BCUT2D eigenvalue weighted by Crippen LogP contribution is 2.33. The predicted molar refractivity (Wildman–Crippen MR) is 83.6 cm³/mol. The lowest BCUT2D eigenvalue weighted by atomic mass is 10.1. The molecule has 21 heavy (non-hydrogen) atoms. The lowest BCUT2D eigenvalue weighted by molar-refractivity contribution is -0.116. The first-order valence-corrected chi connectivity index (χ1v) is 8.03. The van der Waals surface area contributed by atoms with Crippen LogP contribution in [0.2, 0.25) is 0 Å². The van der Waals surface area contributed by atoms with Crippen LogP contribution in [0.4, 0.5) is 9.52 Å². The monoisotopic (exact) mass is 321 g/mol. The van der Waals surface area contributed by atoms with Crippen molar-refractivity contribution in [3.8, 4) is 0 Å². The Kier molecular flexibility index (Phi) is 3.77. The molecule has 108 valence electrons. The summed E-state index contributed by atoms with van der Waals surface area (Å²) >= 11 is 2.53. The molecule has 4 nitrogen and oxygen atoms in total. The molecule has 2 heterocycles. The quantitative estimate of drug-likeness (QED) is 0.944. The maximum atomic E-state index is 13.6. The first kappa shape index (κ1) is 14.2. The Hall–Kier alpha value is -1.73. The standard InChI is InChI=1S/C14H12FN3OS2/c1-8-12(19)18(13(16)20-8)14-17-7-10(21-14)6-9-4-2-3-5-11(9)15/h2-5,7-8,16H,6H2,1H3. The van der Waals surface area contributed by atoms with Crippen LogP contribution in [0.25, 0.3) is 0 Å². The molecule has 1 aliphatic rings. The Morgan fingerprint density at radius 2 is 2.19 bits per heavy atom. The van der Waals surface area contributed by atoms with Crippen molar-refractivity contribution in [1.82, 2.24) is 4.98 Å². The molecule has 1 aliphatic heterocycles. The van der Waals surface area contributed by atoms with Crippen molar-refractivity contribution >= 4 is 39.3 Å². The van der Waals surface area contributed by atoms with Gasteiger partial charge in [-0.25, -0.2) is 14.3 Å². The van der Waals surface area contributed by atoms with Crippen LogP contribution in [0.5, 0.6) is 0 Å². The number of thioether (sulfide) groups is 1. The molecular formula is C14H12FN3OS2. The highest BCUT2D eigenvalue weighted by atomic mass is 32.2. The van der Waals surface area contributed by atoms with Crippen LogP contribution in [-0.2, 0) is 11.2 Å². The molecule has 1 fully saturated rings. The molecule has 0 aliphatic carbocycles. The van der Waals surface area contributed by atoms with Gasteiger partial charge in [-0.1, -0.05) is 30.0 Å². The second-order valence-corrected chi connectivity index (χ2v) is 7.04. The number of halogens is 1. The summed E-state index contributed by atoms with van der Waals surface area (Å²) in [5.74, 6) is -0.376. The molecule has 1 aromatic heterocycles. The number of amides is 1. The van der Waals surface area contributed by atoms with Gasteiger partial charge in [-0.05, 0) is 18.6 Å². The number of hydrogen-bond acceptors (Lipinski definition) is 5. The van der Waals surface area contributed by atoms with E-state index in [1.165, 1.54) is 34.1 Å². The largest absolute Gasteiger partial charge is 0.278 e. The molecule has 1 N–H and O–H groups in total. The van der Waals surface area contributed by atoms with Crippen molar-refractivity contribution < 1.29 is 9.18 Å². The van der Waals surface area contributed by atoms with E-state index >= 15 is 0 Å². The molecule has 1 atom stereocenters. The van der Waals surface area contributed by atoms with Crippen molar-refractivity contribution in [3.05, 3.63) is 46.7 Å². The van der Waals surface area contributed by atoms with Gasteiger partial charge in [0.15, 0.2) is 10.3 Å². The average molecular weight is 321 g/mol. The molecule has 0 spiro atoms. The summed E-state index contributed by atoms with van der Waals surface area (Å²) in [4.78, 5) is 18.4. The van der Waals surface area contributed by atoms with Gasteiger partial charge >= 0.3 is 0 Å². The predicted octanol–water partition coefficient (Wildman–Crippen LogP) is 3.28. The minimum Gasteiger partial charge on any atom is -0.278 e. The summed E-state index contributed by atoms with van der Waals surface area (Å²) in [6.45, 7) is 1.77. The molecule has 0 bridgehead atoms. The second-order valence-electron chi connectivity index (χ2n) is 4.62. The molecule has 1 unspecified atom stereocenters. The summed E-state index contributed by atoms with van der Waals surface area (Å²) in [6.07, 6.45) is 2.07. The minimum absolute atomic E-state index is 0.128. The number of amidine groups is 1. The Labute approximate surface area is 129 Å². The van der Waals surface area contributed by atoms with Gasteiger partial charge in [-0.15, -0.1) is 11.3 Å². The van der Waals surface area contributed by atoms with Crippen LogP contribution < -0.4 is 4.90 Å². The SMILES string of the molecule is CC1SC(=N)N(c2ncc(Cc3ccccc3F)s2)C1=O. The number of hydrogen-bond donors (Lipinski definition) is 1.